The lowest BCUT2D eigenvalue weighted by atomic mass is 10.1. The first kappa shape index (κ1) is 11.4. The summed E-state index contributed by atoms with van der Waals surface area (Å²) in [6.07, 6.45) is -0.229. The Hall–Kier alpha value is -1.65. The van der Waals surface area contributed by atoms with Gasteiger partial charge in [-0.25, -0.2) is 0 Å². The number of β-amino-alcohol motifs (C(OH)–C–C–N with tert-alkyl or cyclic N) is 1. The maximum Gasteiger partial charge on any atom is 0.252 e. The van der Waals surface area contributed by atoms with Crippen LogP contribution in [-0.4, -0.2) is 34.2 Å². The number of hydrogen-bond donors (Lipinski definition) is 2. The van der Waals surface area contributed by atoms with Crippen LogP contribution in [0.15, 0.2) is 29.1 Å². The molecule has 94 valence electrons. The molecule has 1 aliphatic rings. The van der Waals surface area contributed by atoms with E-state index >= 15 is 0 Å². The second kappa shape index (κ2) is 4.23. The van der Waals surface area contributed by atoms with Crippen molar-refractivity contribution in [3.63, 3.8) is 0 Å². The van der Waals surface area contributed by atoms with E-state index in [1.807, 2.05) is 31.2 Å². The molecule has 0 spiro atoms. The van der Waals surface area contributed by atoms with Crippen LogP contribution in [0, 0.1) is 6.92 Å². The molecule has 3 rings (SSSR count). The molecule has 1 fully saturated rings. The monoisotopic (exact) mass is 244 g/mol. The summed E-state index contributed by atoms with van der Waals surface area (Å²) in [5, 5.41) is 10.3. The molecule has 1 aliphatic heterocycles. The van der Waals surface area contributed by atoms with Crippen molar-refractivity contribution in [2.75, 3.05) is 13.1 Å². The van der Waals surface area contributed by atoms with E-state index in [9.17, 15) is 9.90 Å². The minimum absolute atomic E-state index is 0.0329. The Morgan fingerprint density at radius 2 is 2.17 bits per heavy atom. The van der Waals surface area contributed by atoms with Gasteiger partial charge in [0.2, 0.25) is 0 Å². The van der Waals surface area contributed by atoms with Crippen molar-refractivity contribution in [2.45, 2.75) is 19.6 Å². The number of likely N-dealkylation sites (tertiary alicyclic amines) is 1. The van der Waals surface area contributed by atoms with E-state index in [-0.39, 0.29) is 11.7 Å². The lowest BCUT2D eigenvalue weighted by Crippen LogP contribution is -2.50. The quantitative estimate of drug-likeness (QED) is 0.829. The summed E-state index contributed by atoms with van der Waals surface area (Å²) in [4.78, 5) is 16.9. The number of hydrogen-bond acceptors (Lipinski definition) is 3. The van der Waals surface area contributed by atoms with Crippen LogP contribution in [0.4, 0.5) is 0 Å². The first-order valence-corrected chi connectivity index (χ1v) is 6.15. The second-order valence-electron chi connectivity index (χ2n) is 5.06. The van der Waals surface area contributed by atoms with Crippen molar-refractivity contribution in [1.29, 1.82) is 0 Å². The van der Waals surface area contributed by atoms with Gasteiger partial charge in [-0.3, -0.25) is 9.69 Å². The summed E-state index contributed by atoms with van der Waals surface area (Å²) in [5.41, 5.74) is 2.75. The van der Waals surface area contributed by atoms with Crippen molar-refractivity contribution in [3.8, 4) is 0 Å². The molecule has 2 aromatic rings. The fourth-order valence-corrected chi connectivity index (χ4v) is 2.39. The SMILES string of the molecule is Cc1ccc2cc(CN3CC(O)C3)c(=O)[nH]c2c1. The van der Waals surface area contributed by atoms with Gasteiger partial charge in [-0.2, -0.15) is 0 Å². The van der Waals surface area contributed by atoms with Crippen LogP contribution in [-0.2, 0) is 6.54 Å². The number of aryl methyl sites for hydroxylation is 1. The molecule has 0 radical (unpaired) electrons. The van der Waals surface area contributed by atoms with Crippen LogP contribution in [0.2, 0.25) is 0 Å². The minimum Gasteiger partial charge on any atom is -0.390 e. The van der Waals surface area contributed by atoms with Crippen molar-refractivity contribution in [1.82, 2.24) is 9.88 Å². The summed E-state index contributed by atoms with van der Waals surface area (Å²) in [7, 11) is 0. The van der Waals surface area contributed by atoms with Gasteiger partial charge in [-0.15, -0.1) is 0 Å². The molecule has 4 nitrogen and oxygen atoms in total. The number of pyridine rings is 1. The lowest BCUT2D eigenvalue weighted by Gasteiger charge is -2.35. The molecule has 2 heterocycles. The van der Waals surface area contributed by atoms with Gasteiger partial charge >= 0.3 is 0 Å². The van der Waals surface area contributed by atoms with Gasteiger partial charge in [0.1, 0.15) is 0 Å². The van der Waals surface area contributed by atoms with Gasteiger partial charge in [0.15, 0.2) is 0 Å². The zero-order valence-corrected chi connectivity index (χ0v) is 10.3. The second-order valence-corrected chi connectivity index (χ2v) is 5.06. The molecule has 0 amide bonds. The van der Waals surface area contributed by atoms with Crippen LogP contribution in [0.25, 0.3) is 10.9 Å². The molecule has 1 aromatic heterocycles. The smallest absolute Gasteiger partial charge is 0.252 e. The molecule has 0 unspecified atom stereocenters. The number of aliphatic hydroxyl groups is 1. The maximum absolute atomic E-state index is 12.0. The topological polar surface area (TPSA) is 56.3 Å². The van der Waals surface area contributed by atoms with Gasteiger partial charge in [0.05, 0.1) is 6.10 Å². The number of H-pyrrole nitrogens is 1. The number of rotatable bonds is 2. The van der Waals surface area contributed by atoms with E-state index in [4.69, 9.17) is 0 Å². The third-order valence-electron chi connectivity index (χ3n) is 3.41. The molecule has 0 bridgehead atoms. The summed E-state index contributed by atoms with van der Waals surface area (Å²) in [6.45, 7) is 3.93. The van der Waals surface area contributed by atoms with Crippen LogP contribution < -0.4 is 5.56 Å². The first-order chi connectivity index (χ1) is 8.61. The predicted octanol–water partition coefficient (Wildman–Crippen LogP) is 1.01. The Labute approximate surface area is 105 Å². The number of fused-ring (bicyclic) bond motifs is 1. The van der Waals surface area contributed by atoms with Crippen LogP contribution in [0.5, 0.6) is 0 Å². The average molecular weight is 244 g/mol. The number of nitrogens with zero attached hydrogens (tertiary/aromatic N) is 1. The van der Waals surface area contributed by atoms with Gasteiger partial charge in [-0.1, -0.05) is 12.1 Å². The fourth-order valence-electron chi connectivity index (χ4n) is 2.39. The molecule has 2 N–H and O–H groups in total. The Kier molecular flexibility index (Phi) is 2.69. The summed E-state index contributed by atoms with van der Waals surface area (Å²) >= 11 is 0. The molecular formula is C14H16N2O2. The van der Waals surface area contributed by atoms with E-state index in [2.05, 4.69) is 9.88 Å². The van der Waals surface area contributed by atoms with Crippen molar-refractivity contribution in [2.24, 2.45) is 0 Å². The Balaban J connectivity index is 1.95. The van der Waals surface area contributed by atoms with Gasteiger partial charge in [0, 0.05) is 30.7 Å². The van der Waals surface area contributed by atoms with Crippen molar-refractivity contribution < 1.29 is 5.11 Å². The van der Waals surface area contributed by atoms with E-state index in [1.54, 1.807) is 0 Å². The zero-order valence-electron chi connectivity index (χ0n) is 10.3. The molecule has 0 saturated carbocycles. The standard InChI is InChI=1S/C14H16N2O2/c1-9-2-3-10-5-11(6-16-7-12(17)8-16)14(18)15-13(10)4-9/h2-5,12,17H,6-8H2,1H3,(H,15,18). The van der Waals surface area contributed by atoms with E-state index in [0.717, 1.165) is 22.0 Å². The highest BCUT2D eigenvalue weighted by Gasteiger charge is 2.24. The van der Waals surface area contributed by atoms with E-state index in [0.29, 0.717) is 19.6 Å². The molecule has 0 atom stereocenters. The lowest BCUT2D eigenvalue weighted by molar-refractivity contribution is -0.00306. The average Bonchev–Trinajstić information content (AvgIpc) is 2.28. The highest BCUT2D eigenvalue weighted by Crippen LogP contribution is 2.16. The molecular weight excluding hydrogens is 228 g/mol. The van der Waals surface area contributed by atoms with Crippen molar-refractivity contribution >= 4 is 10.9 Å². The van der Waals surface area contributed by atoms with Crippen LogP contribution >= 0.6 is 0 Å². The molecule has 0 aliphatic carbocycles. The molecule has 4 heteroatoms. The van der Waals surface area contributed by atoms with Crippen LogP contribution in [0.1, 0.15) is 11.1 Å². The highest BCUT2D eigenvalue weighted by atomic mass is 16.3. The van der Waals surface area contributed by atoms with E-state index < -0.39 is 0 Å². The fraction of sp³-hybridized carbons (Fsp3) is 0.357. The minimum atomic E-state index is -0.229. The number of aromatic nitrogens is 1. The summed E-state index contributed by atoms with van der Waals surface area (Å²) < 4.78 is 0. The number of benzene rings is 1. The normalized spacial score (nSPS) is 17.0. The first-order valence-electron chi connectivity index (χ1n) is 6.15. The number of aromatic amines is 1. The molecule has 18 heavy (non-hydrogen) atoms. The summed E-state index contributed by atoms with van der Waals surface area (Å²) in [5.74, 6) is 0. The zero-order chi connectivity index (χ0) is 12.7. The van der Waals surface area contributed by atoms with Crippen LogP contribution in [0.3, 0.4) is 0 Å². The van der Waals surface area contributed by atoms with Gasteiger partial charge < -0.3 is 10.1 Å². The van der Waals surface area contributed by atoms with Gasteiger partial charge in [-0.05, 0) is 30.0 Å². The third kappa shape index (κ3) is 2.05. The number of aliphatic hydroxyl groups excluding tert-OH is 1. The largest absolute Gasteiger partial charge is 0.390 e. The Morgan fingerprint density at radius 1 is 1.39 bits per heavy atom. The molecule has 1 saturated heterocycles. The van der Waals surface area contributed by atoms with E-state index in [1.165, 1.54) is 0 Å². The third-order valence-corrected chi connectivity index (χ3v) is 3.41. The molecule has 1 aromatic carbocycles. The Morgan fingerprint density at radius 3 is 2.89 bits per heavy atom. The predicted molar refractivity (Wildman–Crippen MR) is 70.6 cm³/mol. The highest BCUT2D eigenvalue weighted by molar-refractivity contribution is 5.79. The number of nitrogens with one attached hydrogen (secondary N) is 1. The van der Waals surface area contributed by atoms with Crippen molar-refractivity contribution in [3.05, 3.63) is 45.7 Å². The Bertz CT molecular complexity index is 642. The van der Waals surface area contributed by atoms with Gasteiger partial charge in [0.25, 0.3) is 5.56 Å². The maximum atomic E-state index is 12.0. The summed E-state index contributed by atoms with van der Waals surface area (Å²) in [6, 6.07) is 7.99.